The van der Waals surface area contributed by atoms with Gasteiger partial charge in [0.2, 0.25) is 5.91 Å². The second kappa shape index (κ2) is 8.89. The zero-order chi connectivity index (χ0) is 19.3. The molecule has 26 heavy (non-hydrogen) atoms. The van der Waals surface area contributed by atoms with E-state index in [-0.39, 0.29) is 17.9 Å². The number of fused-ring (bicyclic) bond motifs is 1. The van der Waals surface area contributed by atoms with Crippen molar-refractivity contribution >= 4 is 17.5 Å². The first kappa shape index (κ1) is 20.0. The Labute approximate surface area is 155 Å². The second-order valence-electron chi connectivity index (χ2n) is 6.63. The standard InChI is InChI=1S/C19H29N3O4/c1-6-22(9-10-25-5)18(23)12-15-13-26-17-8-7-14(19(24)20(2)3)11-16(17)21(15)4/h7-8,11,15H,6,9-10,12-13H2,1-5H3/t15-/m1/s1. The van der Waals surface area contributed by atoms with Crippen molar-refractivity contribution in [2.45, 2.75) is 19.4 Å². The molecule has 7 nitrogen and oxygen atoms in total. The molecule has 0 bridgehead atoms. The van der Waals surface area contributed by atoms with Gasteiger partial charge < -0.3 is 24.2 Å². The molecule has 0 spiro atoms. The fourth-order valence-electron chi connectivity index (χ4n) is 2.99. The van der Waals surface area contributed by atoms with Gasteiger partial charge in [-0.25, -0.2) is 0 Å². The van der Waals surface area contributed by atoms with Gasteiger partial charge in [0.1, 0.15) is 12.4 Å². The van der Waals surface area contributed by atoms with Crippen LogP contribution < -0.4 is 9.64 Å². The Bertz CT molecular complexity index is 648. The van der Waals surface area contributed by atoms with Crippen molar-refractivity contribution in [2.75, 3.05) is 59.5 Å². The van der Waals surface area contributed by atoms with E-state index in [1.807, 2.05) is 31.0 Å². The summed E-state index contributed by atoms with van der Waals surface area (Å²) in [6, 6.07) is 5.34. The molecule has 0 fully saturated rings. The van der Waals surface area contributed by atoms with Crippen LogP contribution in [0.25, 0.3) is 0 Å². The molecule has 0 saturated heterocycles. The van der Waals surface area contributed by atoms with Crippen LogP contribution in [-0.4, -0.2) is 82.2 Å². The lowest BCUT2D eigenvalue weighted by molar-refractivity contribution is -0.132. The monoisotopic (exact) mass is 363 g/mol. The summed E-state index contributed by atoms with van der Waals surface area (Å²) in [6.07, 6.45) is 0.360. The Balaban J connectivity index is 2.12. The van der Waals surface area contributed by atoms with Gasteiger partial charge in [0.15, 0.2) is 0 Å². The van der Waals surface area contributed by atoms with E-state index in [1.165, 1.54) is 0 Å². The van der Waals surface area contributed by atoms with E-state index in [0.717, 1.165) is 11.4 Å². The lowest BCUT2D eigenvalue weighted by Crippen LogP contribution is -2.45. The number of methoxy groups -OCH3 is 1. The summed E-state index contributed by atoms with van der Waals surface area (Å²) >= 11 is 0. The smallest absolute Gasteiger partial charge is 0.253 e. The number of rotatable bonds is 7. The Morgan fingerprint density at radius 3 is 2.69 bits per heavy atom. The van der Waals surface area contributed by atoms with E-state index in [9.17, 15) is 9.59 Å². The van der Waals surface area contributed by atoms with Crippen LogP contribution in [-0.2, 0) is 9.53 Å². The molecule has 0 radical (unpaired) electrons. The zero-order valence-corrected chi connectivity index (χ0v) is 16.3. The van der Waals surface area contributed by atoms with E-state index >= 15 is 0 Å². The first-order valence-corrected chi connectivity index (χ1v) is 8.87. The topological polar surface area (TPSA) is 62.3 Å². The Morgan fingerprint density at radius 1 is 1.35 bits per heavy atom. The number of nitrogens with zero attached hydrogens (tertiary/aromatic N) is 3. The van der Waals surface area contributed by atoms with Crippen molar-refractivity contribution in [1.29, 1.82) is 0 Å². The quantitative estimate of drug-likeness (QED) is 0.734. The van der Waals surface area contributed by atoms with Crippen LogP contribution in [0.15, 0.2) is 18.2 Å². The maximum Gasteiger partial charge on any atom is 0.253 e. The fraction of sp³-hybridized carbons (Fsp3) is 0.579. The Hall–Kier alpha value is -2.28. The average Bonchev–Trinajstić information content (AvgIpc) is 2.63. The maximum absolute atomic E-state index is 12.6. The number of anilines is 1. The molecule has 0 aliphatic carbocycles. The molecule has 1 aromatic rings. The molecule has 1 aliphatic heterocycles. The minimum Gasteiger partial charge on any atom is -0.489 e. The molecule has 7 heteroatoms. The Kier molecular flexibility index (Phi) is 6.85. The molecule has 1 aliphatic rings. The summed E-state index contributed by atoms with van der Waals surface area (Å²) in [5, 5.41) is 0. The third-order valence-electron chi connectivity index (χ3n) is 4.68. The largest absolute Gasteiger partial charge is 0.489 e. The SMILES string of the molecule is CCN(CCOC)C(=O)C[C@@H]1COc2ccc(C(=O)N(C)C)cc2N1C. The van der Waals surface area contributed by atoms with Gasteiger partial charge in [0.05, 0.1) is 24.8 Å². The van der Waals surface area contributed by atoms with Crippen molar-refractivity contribution in [3.63, 3.8) is 0 Å². The predicted molar refractivity (Wildman–Crippen MR) is 101 cm³/mol. The summed E-state index contributed by atoms with van der Waals surface area (Å²) in [5.74, 6) is 0.753. The number of carbonyl (C=O) groups is 2. The lowest BCUT2D eigenvalue weighted by Gasteiger charge is -2.36. The normalized spacial score (nSPS) is 15.9. The van der Waals surface area contributed by atoms with E-state index in [4.69, 9.17) is 9.47 Å². The van der Waals surface area contributed by atoms with Crippen LogP contribution in [0.4, 0.5) is 5.69 Å². The molecule has 2 amide bonds. The summed E-state index contributed by atoms with van der Waals surface area (Å²) in [4.78, 5) is 30.2. The summed E-state index contributed by atoms with van der Waals surface area (Å²) < 4.78 is 10.9. The molecule has 0 saturated carbocycles. The van der Waals surface area contributed by atoms with Crippen LogP contribution in [0, 0.1) is 0 Å². The third-order valence-corrected chi connectivity index (χ3v) is 4.68. The van der Waals surface area contributed by atoms with Crippen LogP contribution in [0.2, 0.25) is 0 Å². The molecule has 144 valence electrons. The Morgan fingerprint density at radius 2 is 2.08 bits per heavy atom. The van der Waals surface area contributed by atoms with Gasteiger partial charge in [-0.15, -0.1) is 0 Å². The minimum atomic E-state index is -0.0729. The summed E-state index contributed by atoms with van der Waals surface area (Å²) in [6.45, 7) is 4.16. The summed E-state index contributed by atoms with van der Waals surface area (Å²) in [7, 11) is 7.02. The second-order valence-corrected chi connectivity index (χ2v) is 6.63. The minimum absolute atomic E-state index is 0.0591. The van der Waals surface area contributed by atoms with Gasteiger partial charge in [-0.2, -0.15) is 0 Å². The van der Waals surface area contributed by atoms with Gasteiger partial charge >= 0.3 is 0 Å². The number of benzene rings is 1. The van der Waals surface area contributed by atoms with Crippen molar-refractivity contribution in [2.24, 2.45) is 0 Å². The number of hydrogen-bond donors (Lipinski definition) is 0. The number of likely N-dealkylation sites (N-methyl/N-ethyl adjacent to an activating group) is 2. The molecule has 0 unspecified atom stereocenters. The van der Waals surface area contributed by atoms with Gasteiger partial charge in [-0.05, 0) is 25.1 Å². The number of carbonyl (C=O) groups excluding carboxylic acids is 2. The zero-order valence-electron chi connectivity index (χ0n) is 16.3. The lowest BCUT2D eigenvalue weighted by atomic mass is 10.1. The molecular weight excluding hydrogens is 334 g/mol. The number of hydrogen-bond acceptors (Lipinski definition) is 5. The van der Waals surface area contributed by atoms with Crippen molar-refractivity contribution in [1.82, 2.24) is 9.80 Å². The van der Waals surface area contributed by atoms with Crippen molar-refractivity contribution in [3.05, 3.63) is 23.8 Å². The number of ether oxygens (including phenoxy) is 2. The molecule has 1 atom stereocenters. The van der Waals surface area contributed by atoms with Gasteiger partial charge in [-0.1, -0.05) is 0 Å². The average molecular weight is 363 g/mol. The molecule has 0 N–H and O–H groups in total. The fourth-order valence-corrected chi connectivity index (χ4v) is 2.99. The molecule has 2 rings (SSSR count). The van der Waals surface area contributed by atoms with Crippen LogP contribution in [0.3, 0.4) is 0 Å². The first-order valence-electron chi connectivity index (χ1n) is 8.87. The maximum atomic E-state index is 12.6. The highest BCUT2D eigenvalue weighted by molar-refractivity contribution is 5.95. The van der Waals surface area contributed by atoms with E-state index in [2.05, 4.69) is 0 Å². The third kappa shape index (κ3) is 4.46. The van der Waals surface area contributed by atoms with Crippen LogP contribution >= 0.6 is 0 Å². The molecule has 1 heterocycles. The van der Waals surface area contributed by atoms with Gasteiger partial charge in [0.25, 0.3) is 5.91 Å². The van der Waals surface area contributed by atoms with Gasteiger partial charge in [0, 0.05) is 46.9 Å². The van der Waals surface area contributed by atoms with E-state index in [0.29, 0.717) is 38.3 Å². The summed E-state index contributed by atoms with van der Waals surface area (Å²) in [5.41, 5.74) is 1.44. The highest BCUT2D eigenvalue weighted by atomic mass is 16.5. The molecular formula is C19H29N3O4. The highest BCUT2D eigenvalue weighted by Gasteiger charge is 2.29. The number of amides is 2. The molecule has 1 aromatic carbocycles. The first-order chi connectivity index (χ1) is 12.4. The van der Waals surface area contributed by atoms with E-state index in [1.54, 1.807) is 37.1 Å². The van der Waals surface area contributed by atoms with Crippen molar-refractivity contribution in [3.8, 4) is 5.75 Å². The molecule has 0 aromatic heterocycles. The van der Waals surface area contributed by atoms with E-state index < -0.39 is 0 Å². The predicted octanol–water partition coefficient (Wildman–Crippen LogP) is 1.47. The van der Waals surface area contributed by atoms with Crippen molar-refractivity contribution < 1.29 is 19.1 Å². The highest BCUT2D eigenvalue weighted by Crippen LogP contribution is 2.34. The van der Waals surface area contributed by atoms with Gasteiger partial charge in [-0.3, -0.25) is 9.59 Å². The van der Waals surface area contributed by atoms with Crippen LogP contribution in [0.5, 0.6) is 5.75 Å². The van der Waals surface area contributed by atoms with Crippen LogP contribution in [0.1, 0.15) is 23.7 Å².